The van der Waals surface area contributed by atoms with Crippen molar-refractivity contribution in [2.75, 3.05) is 13.1 Å². The van der Waals surface area contributed by atoms with E-state index in [1.807, 2.05) is 4.90 Å². The Morgan fingerprint density at radius 1 is 1.06 bits per heavy atom. The molecule has 0 aromatic heterocycles. The number of carbonyl (C=O) groups excluding carboxylic acids is 1. The number of amides is 1. The minimum Gasteiger partial charge on any atom is -0.393 e. The number of rotatable bonds is 1. The number of fused-ring (bicyclic) bond motifs is 2. The zero-order valence-corrected chi connectivity index (χ0v) is 9.77. The fourth-order valence-electron chi connectivity index (χ4n) is 3.87. The van der Waals surface area contributed by atoms with Crippen molar-refractivity contribution < 1.29 is 9.90 Å². The molecular weight excluding hydrogens is 202 g/mol. The normalized spacial score (nSPS) is 39.3. The van der Waals surface area contributed by atoms with Gasteiger partial charge in [0.25, 0.3) is 0 Å². The Labute approximate surface area is 96.8 Å². The van der Waals surface area contributed by atoms with Crippen molar-refractivity contribution in [2.24, 2.45) is 17.8 Å². The van der Waals surface area contributed by atoms with Crippen LogP contribution in [0.4, 0.5) is 0 Å². The molecule has 0 aromatic carbocycles. The fraction of sp³-hybridized carbons (Fsp3) is 0.923. The highest BCUT2D eigenvalue weighted by atomic mass is 16.3. The lowest BCUT2D eigenvalue weighted by Crippen LogP contribution is -2.44. The molecule has 2 bridgehead atoms. The Bertz CT molecular complexity index is 284. The van der Waals surface area contributed by atoms with Gasteiger partial charge in [0.15, 0.2) is 0 Å². The lowest BCUT2D eigenvalue weighted by atomic mass is 9.87. The standard InChI is InChI=1S/C13H21NO2/c15-11-3-5-14(6-4-11)13(16)12-8-9-1-2-10(12)7-9/h9-12,15H,1-8H2. The summed E-state index contributed by atoms with van der Waals surface area (Å²) in [4.78, 5) is 14.3. The zero-order chi connectivity index (χ0) is 11.1. The minimum absolute atomic E-state index is 0.177. The molecule has 2 aliphatic carbocycles. The first-order valence-corrected chi connectivity index (χ1v) is 6.71. The van der Waals surface area contributed by atoms with Crippen LogP contribution in [0.2, 0.25) is 0 Å². The highest BCUT2D eigenvalue weighted by molar-refractivity contribution is 5.79. The number of hydrogen-bond acceptors (Lipinski definition) is 2. The van der Waals surface area contributed by atoms with Gasteiger partial charge in [-0.15, -0.1) is 0 Å². The van der Waals surface area contributed by atoms with Gasteiger partial charge in [-0.3, -0.25) is 4.79 Å². The lowest BCUT2D eigenvalue weighted by Gasteiger charge is -2.33. The predicted octanol–water partition coefficient (Wildman–Crippen LogP) is 1.41. The van der Waals surface area contributed by atoms with E-state index in [0.717, 1.165) is 38.3 Å². The lowest BCUT2D eigenvalue weighted by molar-refractivity contribution is -0.139. The molecule has 3 heteroatoms. The van der Waals surface area contributed by atoms with Crippen LogP contribution in [-0.4, -0.2) is 35.1 Å². The largest absolute Gasteiger partial charge is 0.393 e. The van der Waals surface area contributed by atoms with E-state index in [4.69, 9.17) is 0 Å². The summed E-state index contributed by atoms with van der Waals surface area (Å²) < 4.78 is 0. The summed E-state index contributed by atoms with van der Waals surface area (Å²) in [6, 6.07) is 0. The molecule has 3 atom stereocenters. The summed E-state index contributed by atoms with van der Waals surface area (Å²) in [5.74, 6) is 2.24. The molecule has 0 radical (unpaired) electrons. The van der Waals surface area contributed by atoms with Crippen molar-refractivity contribution >= 4 is 5.91 Å². The number of nitrogens with zero attached hydrogens (tertiary/aromatic N) is 1. The number of carbonyl (C=O) groups is 1. The van der Waals surface area contributed by atoms with E-state index in [-0.39, 0.29) is 6.10 Å². The Balaban J connectivity index is 1.61. The van der Waals surface area contributed by atoms with Crippen molar-refractivity contribution in [3.63, 3.8) is 0 Å². The average molecular weight is 223 g/mol. The van der Waals surface area contributed by atoms with Crippen LogP contribution < -0.4 is 0 Å². The van der Waals surface area contributed by atoms with E-state index < -0.39 is 0 Å². The third-order valence-electron chi connectivity index (χ3n) is 4.83. The summed E-state index contributed by atoms with van der Waals surface area (Å²) in [6.45, 7) is 1.54. The van der Waals surface area contributed by atoms with Gasteiger partial charge in [0.05, 0.1) is 6.10 Å². The molecular formula is C13H21NO2. The van der Waals surface area contributed by atoms with Crippen LogP contribution in [0.3, 0.4) is 0 Å². The van der Waals surface area contributed by atoms with Crippen LogP contribution in [0.5, 0.6) is 0 Å². The monoisotopic (exact) mass is 223 g/mol. The maximum Gasteiger partial charge on any atom is 0.225 e. The molecule has 16 heavy (non-hydrogen) atoms. The second kappa shape index (κ2) is 4.02. The maximum absolute atomic E-state index is 12.3. The number of likely N-dealkylation sites (tertiary alicyclic amines) is 1. The molecule has 3 fully saturated rings. The first-order chi connectivity index (χ1) is 7.74. The van der Waals surface area contributed by atoms with Crippen LogP contribution in [0, 0.1) is 17.8 Å². The van der Waals surface area contributed by atoms with Crippen LogP contribution >= 0.6 is 0 Å². The predicted molar refractivity (Wildman–Crippen MR) is 60.8 cm³/mol. The second-order valence-electron chi connectivity index (χ2n) is 5.84. The molecule has 1 amide bonds. The zero-order valence-electron chi connectivity index (χ0n) is 9.77. The van der Waals surface area contributed by atoms with Crippen molar-refractivity contribution in [1.82, 2.24) is 4.90 Å². The molecule has 0 spiro atoms. The van der Waals surface area contributed by atoms with Crippen LogP contribution in [0.1, 0.15) is 38.5 Å². The van der Waals surface area contributed by atoms with E-state index in [9.17, 15) is 9.90 Å². The van der Waals surface area contributed by atoms with E-state index in [2.05, 4.69) is 0 Å². The van der Waals surface area contributed by atoms with Crippen molar-refractivity contribution in [3.05, 3.63) is 0 Å². The number of hydrogen-bond donors (Lipinski definition) is 1. The van der Waals surface area contributed by atoms with Crippen LogP contribution in [0.25, 0.3) is 0 Å². The molecule has 3 unspecified atom stereocenters. The first-order valence-electron chi connectivity index (χ1n) is 6.71. The van der Waals surface area contributed by atoms with Crippen LogP contribution in [0.15, 0.2) is 0 Å². The van der Waals surface area contributed by atoms with E-state index in [1.165, 1.54) is 19.3 Å². The molecule has 3 aliphatic rings. The van der Waals surface area contributed by atoms with Gasteiger partial charge in [-0.1, -0.05) is 6.42 Å². The summed E-state index contributed by atoms with van der Waals surface area (Å²) >= 11 is 0. The molecule has 1 saturated heterocycles. The first kappa shape index (κ1) is 10.6. The Morgan fingerprint density at radius 3 is 2.38 bits per heavy atom. The quantitative estimate of drug-likeness (QED) is 0.730. The third-order valence-corrected chi connectivity index (χ3v) is 4.83. The highest BCUT2D eigenvalue weighted by Crippen LogP contribution is 2.48. The molecule has 0 aromatic rings. The van der Waals surface area contributed by atoms with Gasteiger partial charge in [-0.25, -0.2) is 0 Å². The molecule has 3 nitrogen and oxygen atoms in total. The molecule has 1 heterocycles. The molecule has 90 valence electrons. The van der Waals surface area contributed by atoms with E-state index in [1.54, 1.807) is 0 Å². The average Bonchev–Trinajstić information content (AvgIpc) is 2.91. The minimum atomic E-state index is -0.177. The van der Waals surface area contributed by atoms with E-state index in [0.29, 0.717) is 17.7 Å². The van der Waals surface area contributed by atoms with Gasteiger partial charge in [0.1, 0.15) is 0 Å². The molecule has 1 aliphatic heterocycles. The van der Waals surface area contributed by atoms with Crippen molar-refractivity contribution in [3.8, 4) is 0 Å². The topological polar surface area (TPSA) is 40.5 Å². The molecule has 3 rings (SSSR count). The Kier molecular flexibility index (Phi) is 2.66. The smallest absolute Gasteiger partial charge is 0.225 e. The second-order valence-corrected chi connectivity index (χ2v) is 5.84. The van der Waals surface area contributed by atoms with Crippen LogP contribution in [-0.2, 0) is 4.79 Å². The summed E-state index contributed by atoms with van der Waals surface area (Å²) in [6.07, 6.45) is 6.43. The molecule has 2 saturated carbocycles. The number of aliphatic hydroxyl groups is 1. The third kappa shape index (κ3) is 1.75. The summed E-state index contributed by atoms with van der Waals surface area (Å²) in [5.41, 5.74) is 0. The SMILES string of the molecule is O=C(C1CC2CCC1C2)N1CCC(O)CC1. The number of piperidine rings is 1. The fourth-order valence-corrected chi connectivity index (χ4v) is 3.87. The summed E-state index contributed by atoms with van der Waals surface area (Å²) in [5, 5.41) is 9.44. The Morgan fingerprint density at radius 2 is 1.81 bits per heavy atom. The van der Waals surface area contributed by atoms with Gasteiger partial charge in [0.2, 0.25) is 5.91 Å². The van der Waals surface area contributed by atoms with Crippen molar-refractivity contribution in [2.45, 2.75) is 44.6 Å². The van der Waals surface area contributed by atoms with E-state index >= 15 is 0 Å². The van der Waals surface area contributed by atoms with Gasteiger partial charge in [-0.2, -0.15) is 0 Å². The summed E-state index contributed by atoms with van der Waals surface area (Å²) in [7, 11) is 0. The van der Waals surface area contributed by atoms with Crippen molar-refractivity contribution in [1.29, 1.82) is 0 Å². The van der Waals surface area contributed by atoms with Gasteiger partial charge >= 0.3 is 0 Å². The van der Waals surface area contributed by atoms with Gasteiger partial charge < -0.3 is 10.0 Å². The maximum atomic E-state index is 12.3. The Hall–Kier alpha value is -0.570. The molecule has 1 N–H and O–H groups in total. The van der Waals surface area contributed by atoms with Gasteiger partial charge in [0, 0.05) is 19.0 Å². The van der Waals surface area contributed by atoms with Gasteiger partial charge in [-0.05, 0) is 43.9 Å². The highest BCUT2D eigenvalue weighted by Gasteiger charge is 2.44. The number of aliphatic hydroxyl groups excluding tert-OH is 1.